The van der Waals surface area contributed by atoms with Crippen molar-refractivity contribution in [3.05, 3.63) is 28.8 Å². The number of rotatable bonds is 4. The van der Waals surface area contributed by atoms with Gasteiger partial charge >= 0.3 is 0 Å². The van der Waals surface area contributed by atoms with Gasteiger partial charge in [0.05, 0.1) is 26.0 Å². The summed E-state index contributed by atoms with van der Waals surface area (Å²) in [6.07, 6.45) is 3.73. The third-order valence-electron chi connectivity index (χ3n) is 3.70. The molecule has 0 bridgehead atoms. The molecule has 9 heteroatoms. The summed E-state index contributed by atoms with van der Waals surface area (Å²) in [4.78, 5) is 7.04. The van der Waals surface area contributed by atoms with Gasteiger partial charge in [-0.05, 0) is 0 Å². The summed E-state index contributed by atoms with van der Waals surface area (Å²) in [6.45, 7) is 4.39. The van der Waals surface area contributed by atoms with E-state index in [1.54, 1.807) is 20.7 Å². The van der Waals surface area contributed by atoms with E-state index in [1.165, 1.54) is 0 Å². The minimum atomic E-state index is 0.745. The predicted octanol–water partition coefficient (Wildman–Crippen LogP) is 0.956. The van der Waals surface area contributed by atoms with Crippen LogP contribution in [0.2, 0.25) is 0 Å². The SMILES string of the molecule is Cn1ccc(-n2cc(-c3csc(CN4CCOCC4)n3)nn2)n1. The lowest BCUT2D eigenvalue weighted by Gasteiger charge is -2.25. The third kappa shape index (κ3) is 3.16. The van der Waals surface area contributed by atoms with E-state index in [4.69, 9.17) is 4.74 Å². The van der Waals surface area contributed by atoms with Crippen molar-refractivity contribution >= 4 is 11.3 Å². The predicted molar refractivity (Wildman–Crippen MR) is 85.3 cm³/mol. The van der Waals surface area contributed by atoms with Crippen molar-refractivity contribution in [1.29, 1.82) is 0 Å². The average Bonchev–Trinajstić information content (AvgIpc) is 3.28. The number of morpholine rings is 1. The van der Waals surface area contributed by atoms with Gasteiger partial charge in [-0.25, -0.2) is 4.98 Å². The van der Waals surface area contributed by atoms with Crippen LogP contribution in [0.4, 0.5) is 0 Å². The molecular weight excluding hydrogens is 314 g/mol. The van der Waals surface area contributed by atoms with Crippen LogP contribution in [0.3, 0.4) is 0 Å². The van der Waals surface area contributed by atoms with Crippen LogP contribution in [0.15, 0.2) is 23.8 Å². The minimum Gasteiger partial charge on any atom is -0.379 e. The van der Waals surface area contributed by atoms with Crippen LogP contribution in [0, 0.1) is 0 Å². The lowest BCUT2D eigenvalue weighted by molar-refractivity contribution is 0.0342. The number of aromatic nitrogens is 6. The zero-order chi connectivity index (χ0) is 15.6. The maximum absolute atomic E-state index is 5.37. The van der Waals surface area contributed by atoms with Gasteiger partial charge < -0.3 is 4.74 Å². The van der Waals surface area contributed by atoms with Crippen molar-refractivity contribution < 1.29 is 4.74 Å². The Morgan fingerprint density at radius 2 is 2.13 bits per heavy atom. The number of hydrogen-bond donors (Lipinski definition) is 0. The minimum absolute atomic E-state index is 0.745. The second-order valence-electron chi connectivity index (χ2n) is 5.41. The molecule has 1 aliphatic rings. The first-order chi connectivity index (χ1) is 11.3. The van der Waals surface area contributed by atoms with E-state index < -0.39 is 0 Å². The molecule has 23 heavy (non-hydrogen) atoms. The van der Waals surface area contributed by atoms with Gasteiger partial charge in [0.1, 0.15) is 16.4 Å². The summed E-state index contributed by atoms with van der Waals surface area (Å²) in [5.74, 6) is 0.745. The smallest absolute Gasteiger partial charge is 0.176 e. The summed E-state index contributed by atoms with van der Waals surface area (Å²) in [7, 11) is 1.87. The molecule has 3 aromatic rings. The highest BCUT2D eigenvalue weighted by atomic mass is 32.1. The molecule has 1 aliphatic heterocycles. The largest absolute Gasteiger partial charge is 0.379 e. The van der Waals surface area contributed by atoms with Crippen molar-refractivity contribution in [2.45, 2.75) is 6.54 Å². The van der Waals surface area contributed by atoms with Crippen LogP contribution in [-0.2, 0) is 18.3 Å². The van der Waals surface area contributed by atoms with E-state index >= 15 is 0 Å². The van der Waals surface area contributed by atoms with E-state index in [2.05, 4.69) is 25.3 Å². The van der Waals surface area contributed by atoms with E-state index in [0.717, 1.165) is 55.1 Å². The normalized spacial score (nSPS) is 16.0. The third-order valence-corrected chi connectivity index (χ3v) is 4.54. The molecule has 0 spiro atoms. The molecule has 0 aliphatic carbocycles. The number of ether oxygens (including phenoxy) is 1. The van der Waals surface area contributed by atoms with Crippen LogP contribution < -0.4 is 0 Å². The molecule has 0 unspecified atom stereocenters. The first kappa shape index (κ1) is 14.5. The number of nitrogens with zero attached hydrogens (tertiary/aromatic N) is 7. The highest BCUT2D eigenvalue weighted by Crippen LogP contribution is 2.21. The standard InChI is InChI=1S/C14H17N7OS/c1-19-3-2-13(17-19)21-8-11(16-18-21)12-10-23-14(15-12)9-20-4-6-22-7-5-20/h2-3,8,10H,4-7,9H2,1H3. The van der Waals surface area contributed by atoms with E-state index in [-0.39, 0.29) is 0 Å². The van der Waals surface area contributed by atoms with Crippen LogP contribution in [0.25, 0.3) is 17.2 Å². The van der Waals surface area contributed by atoms with Gasteiger partial charge in [0, 0.05) is 37.8 Å². The van der Waals surface area contributed by atoms with Gasteiger partial charge in [0.2, 0.25) is 0 Å². The molecule has 3 aromatic heterocycles. The second-order valence-corrected chi connectivity index (χ2v) is 6.35. The zero-order valence-electron chi connectivity index (χ0n) is 12.8. The highest BCUT2D eigenvalue weighted by Gasteiger charge is 2.15. The number of thiazole rings is 1. The van der Waals surface area contributed by atoms with Crippen LogP contribution in [0.1, 0.15) is 5.01 Å². The summed E-state index contributed by atoms with van der Waals surface area (Å²) >= 11 is 1.66. The molecule has 0 amide bonds. The molecule has 120 valence electrons. The molecule has 1 saturated heterocycles. The van der Waals surface area contributed by atoms with Gasteiger partial charge in [-0.3, -0.25) is 9.58 Å². The summed E-state index contributed by atoms with van der Waals surface area (Å²) < 4.78 is 8.77. The second kappa shape index (κ2) is 6.19. The van der Waals surface area contributed by atoms with Gasteiger partial charge in [-0.1, -0.05) is 5.21 Å². The Bertz CT molecular complexity index is 787. The van der Waals surface area contributed by atoms with Gasteiger partial charge in [0.15, 0.2) is 5.82 Å². The van der Waals surface area contributed by atoms with Crippen molar-refractivity contribution in [2.24, 2.45) is 7.05 Å². The van der Waals surface area contributed by atoms with Crippen LogP contribution >= 0.6 is 11.3 Å². The lowest BCUT2D eigenvalue weighted by atomic mass is 10.4. The van der Waals surface area contributed by atoms with Gasteiger partial charge in [-0.15, -0.1) is 16.4 Å². The Morgan fingerprint density at radius 1 is 1.26 bits per heavy atom. The maximum Gasteiger partial charge on any atom is 0.176 e. The zero-order valence-corrected chi connectivity index (χ0v) is 13.6. The molecule has 0 atom stereocenters. The van der Waals surface area contributed by atoms with Gasteiger partial charge in [-0.2, -0.15) is 9.78 Å². The molecule has 0 aromatic carbocycles. The fourth-order valence-corrected chi connectivity index (χ4v) is 3.30. The van der Waals surface area contributed by atoms with E-state index in [1.807, 2.05) is 30.9 Å². The van der Waals surface area contributed by atoms with E-state index in [0.29, 0.717) is 0 Å². The summed E-state index contributed by atoms with van der Waals surface area (Å²) in [5.41, 5.74) is 1.63. The Kier molecular flexibility index (Phi) is 3.90. The van der Waals surface area contributed by atoms with E-state index in [9.17, 15) is 0 Å². The fourth-order valence-electron chi connectivity index (χ4n) is 2.47. The molecule has 0 N–H and O–H groups in total. The number of hydrogen-bond acceptors (Lipinski definition) is 7. The highest BCUT2D eigenvalue weighted by molar-refractivity contribution is 7.09. The van der Waals surface area contributed by atoms with Crippen molar-refractivity contribution in [2.75, 3.05) is 26.3 Å². The molecule has 8 nitrogen and oxygen atoms in total. The average molecular weight is 331 g/mol. The topological polar surface area (TPSA) is 73.9 Å². The Hall–Kier alpha value is -2.10. The molecule has 4 heterocycles. The molecule has 0 saturated carbocycles. The molecule has 4 rings (SSSR count). The van der Waals surface area contributed by atoms with Crippen molar-refractivity contribution in [1.82, 2.24) is 34.7 Å². The first-order valence-electron chi connectivity index (χ1n) is 7.45. The molecular formula is C14H17N7OS. The maximum atomic E-state index is 5.37. The van der Waals surface area contributed by atoms with Crippen LogP contribution in [-0.4, -0.2) is 61.0 Å². The lowest BCUT2D eigenvalue weighted by Crippen LogP contribution is -2.35. The Balaban J connectivity index is 1.49. The Labute approximate surface area is 137 Å². The summed E-state index contributed by atoms with van der Waals surface area (Å²) in [5, 5.41) is 15.8. The van der Waals surface area contributed by atoms with Crippen LogP contribution in [0.5, 0.6) is 0 Å². The molecule has 0 radical (unpaired) electrons. The monoisotopic (exact) mass is 331 g/mol. The molecule has 1 fully saturated rings. The van der Waals surface area contributed by atoms with Crippen molar-refractivity contribution in [3.8, 4) is 17.2 Å². The summed E-state index contributed by atoms with van der Waals surface area (Å²) in [6, 6.07) is 1.89. The fraction of sp³-hybridized carbons (Fsp3) is 0.429. The van der Waals surface area contributed by atoms with Crippen molar-refractivity contribution in [3.63, 3.8) is 0 Å². The quantitative estimate of drug-likeness (QED) is 0.709. The Morgan fingerprint density at radius 3 is 2.91 bits per heavy atom. The first-order valence-corrected chi connectivity index (χ1v) is 8.33. The number of aryl methyl sites for hydroxylation is 1. The van der Waals surface area contributed by atoms with Gasteiger partial charge in [0.25, 0.3) is 0 Å².